The first kappa shape index (κ1) is 23.0. The summed E-state index contributed by atoms with van der Waals surface area (Å²) in [5.41, 5.74) is 2.37. The Labute approximate surface area is 208 Å². The Morgan fingerprint density at radius 1 is 0.686 bits per heavy atom. The zero-order chi connectivity index (χ0) is 23.9. The molecule has 4 fully saturated rings. The average molecular weight is 475 g/mol. The molecule has 0 amide bonds. The maximum absolute atomic E-state index is 15.2. The van der Waals surface area contributed by atoms with Crippen LogP contribution in [0.25, 0.3) is 12.2 Å². The molecule has 4 bridgehead atoms. The minimum Gasteiger partial charge on any atom is -0.365 e. The van der Waals surface area contributed by atoms with E-state index in [2.05, 4.69) is 35.1 Å². The van der Waals surface area contributed by atoms with Crippen LogP contribution in [0.5, 0.6) is 0 Å². The van der Waals surface area contributed by atoms with Crippen LogP contribution in [0.3, 0.4) is 0 Å². The fourth-order valence-corrected chi connectivity index (χ4v) is 7.31. The van der Waals surface area contributed by atoms with E-state index in [1.807, 2.05) is 30.4 Å². The monoisotopic (exact) mass is 474 g/mol. The van der Waals surface area contributed by atoms with Crippen molar-refractivity contribution in [2.45, 2.75) is 75.5 Å². The summed E-state index contributed by atoms with van der Waals surface area (Å²) in [7, 11) is 2.26. The Morgan fingerprint density at radius 2 is 1.23 bits per heavy atom. The normalized spacial score (nSPS) is 32.8. The Hall–Kier alpha value is -2.46. The van der Waals surface area contributed by atoms with Gasteiger partial charge in [-0.3, -0.25) is 0 Å². The summed E-state index contributed by atoms with van der Waals surface area (Å²) >= 11 is 0. The molecule has 35 heavy (non-hydrogen) atoms. The molecule has 0 saturated carbocycles. The Bertz CT molecular complexity index is 1100. The molecule has 2 aromatic rings. The Balaban J connectivity index is 1.11. The number of hydrogen-bond donors (Lipinski definition) is 0. The van der Waals surface area contributed by atoms with Gasteiger partial charge < -0.3 is 9.80 Å². The van der Waals surface area contributed by atoms with Gasteiger partial charge >= 0.3 is 0 Å². The van der Waals surface area contributed by atoms with Gasteiger partial charge in [0.05, 0.1) is 0 Å². The van der Waals surface area contributed by atoms with E-state index in [1.54, 1.807) is 12.1 Å². The smallest absolute Gasteiger partial charge is 0.132 e. The van der Waals surface area contributed by atoms with Gasteiger partial charge in [-0.1, -0.05) is 42.5 Å². The highest BCUT2D eigenvalue weighted by Gasteiger charge is 2.40. The van der Waals surface area contributed by atoms with Crippen molar-refractivity contribution in [3.8, 4) is 0 Å². The van der Waals surface area contributed by atoms with E-state index in [0.717, 1.165) is 31.4 Å². The number of fused-ring (bicyclic) bond motifs is 4. The SMILES string of the molecule is CN1C2CCC1CC(/C=C/c1ccc(N3C4CCC3CC(/C=C/c3ccccc3F)C4)cc1F)C2. The summed E-state index contributed by atoms with van der Waals surface area (Å²) in [4.78, 5) is 5.01. The first-order valence-corrected chi connectivity index (χ1v) is 13.5. The van der Waals surface area contributed by atoms with E-state index < -0.39 is 0 Å². The van der Waals surface area contributed by atoms with Crippen LogP contribution in [0, 0.1) is 23.5 Å². The van der Waals surface area contributed by atoms with Crippen molar-refractivity contribution in [3.63, 3.8) is 0 Å². The van der Waals surface area contributed by atoms with Gasteiger partial charge in [0, 0.05) is 41.0 Å². The van der Waals surface area contributed by atoms with Gasteiger partial charge in [0.15, 0.2) is 0 Å². The molecule has 4 aliphatic rings. The maximum Gasteiger partial charge on any atom is 0.132 e. The lowest BCUT2D eigenvalue weighted by Crippen LogP contribution is -2.42. The second-order valence-electron chi connectivity index (χ2n) is 11.3. The van der Waals surface area contributed by atoms with E-state index in [9.17, 15) is 4.39 Å². The lowest BCUT2D eigenvalue weighted by Gasteiger charge is -2.40. The molecule has 0 aromatic heterocycles. The lowest BCUT2D eigenvalue weighted by molar-refractivity contribution is 0.152. The number of halogens is 2. The van der Waals surface area contributed by atoms with Gasteiger partial charge in [-0.05, 0) is 94.5 Å². The second kappa shape index (κ2) is 9.54. The Morgan fingerprint density at radius 3 is 1.83 bits per heavy atom. The summed E-state index contributed by atoms with van der Waals surface area (Å²) in [5.74, 6) is 0.725. The van der Waals surface area contributed by atoms with Crippen molar-refractivity contribution in [2.24, 2.45) is 11.8 Å². The van der Waals surface area contributed by atoms with E-state index >= 15 is 4.39 Å². The summed E-state index contributed by atoms with van der Waals surface area (Å²) in [5, 5.41) is 0. The fourth-order valence-electron chi connectivity index (χ4n) is 7.31. The molecular formula is C31H36F2N2. The molecule has 0 radical (unpaired) electrons. The predicted octanol–water partition coefficient (Wildman–Crippen LogP) is 7.31. The van der Waals surface area contributed by atoms with Crippen LogP contribution in [-0.4, -0.2) is 36.1 Å². The number of benzene rings is 2. The molecule has 4 aliphatic heterocycles. The number of rotatable bonds is 5. The van der Waals surface area contributed by atoms with Crippen molar-refractivity contribution < 1.29 is 8.78 Å². The number of nitrogens with zero attached hydrogens (tertiary/aromatic N) is 2. The first-order chi connectivity index (χ1) is 17.0. The molecule has 0 spiro atoms. The molecule has 4 heteroatoms. The van der Waals surface area contributed by atoms with Crippen LogP contribution in [0.15, 0.2) is 54.6 Å². The van der Waals surface area contributed by atoms with Crippen LogP contribution in [0.2, 0.25) is 0 Å². The number of piperidine rings is 2. The van der Waals surface area contributed by atoms with Crippen LogP contribution in [0.4, 0.5) is 14.5 Å². The molecule has 4 heterocycles. The molecule has 6 rings (SSSR count). The van der Waals surface area contributed by atoms with Gasteiger partial charge in [0.1, 0.15) is 11.6 Å². The minimum absolute atomic E-state index is 0.115. The van der Waals surface area contributed by atoms with E-state index in [4.69, 9.17) is 0 Å². The standard InChI is InChI=1S/C31H36F2N2/c1-34-25-12-13-26(34)17-21(16-25)7-9-24-10-11-29(20-31(24)33)35-27-14-15-28(35)19-22(18-27)6-8-23-4-2-3-5-30(23)32/h2-11,20-22,25-28H,12-19H2,1H3/b8-6+,9-7+. The summed E-state index contributed by atoms with van der Waals surface area (Å²) in [6.45, 7) is 0. The molecule has 2 nitrogen and oxygen atoms in total. The minimum atomic E-state index is -0.169. The van der Waals surface area contributed by atoms with Crippen LogP contribution in [0.1, 0.15) is 62.5 Å². The summed E-state index contributed by atoms with van der Waals surface area (Å²) in [6.07, 6.45) is 17.8. The molecule has 0 N–H and O–H groups in total. The lowest BCUT2D eigenvalue weighted by atomic mass is 9.89. The largest absolute Gasteiger partial charge is 0.365 e. The molecule has 0 aliphatic carbocycles. The topological polar surface area (TPSA) is 6.48 Å². The quantitative estimate of drug-likeness (QED) is 0.448. The first-order valence-electron chi connectivity index (χ1n) is 13.5. The third-order valence-corrected chi connectivity index (χ3v) is 9.19. The van der Waals surface area contributed by atoms with Gasteiger partial charge in [-0.15, -0.1) is 0 Å². The Kier molecular flexibility index (Phi) is 6.26. The molecule has 2 aromatic carbocycles. The van der Waals surface area contributed by atoms with Gasteiger partial charge in [0.25, 0.3) is 0 Å². The van der Waals surface area contributed by atoms with E-state index in [1.165, 1.54) is 31.7 Å². The summed E-state index contributed by atoms with van der Waals surface area (Å²) < 4.78 is 29.1. The van der Waals surface area contributed by atoms with Crippen molar-refractivity contribution >= 4 is 17.8 Å². The van der Waals surface area contributed by atoms with E-state index in [0.29, 0.717) is 47.1 Å². The third-order valence-electron chi connectivity index (χ3n) is 9.19. The van der Waals surface area contributed by atoms with Crippen molar-refractivity contribution in [1.82, 2.24) is 4.90 Å². The molecule has 4 atom stereocenters. The van der Waals surface area contributed by atoms with Crippen molar-refractivity contribution in [1.29, 1.82) is 0 Å². The molecular weight excluding hydrogens is 438 g/mol. The third kappa shape index (κ3) is 4.58. The summed E-state index contributed by atoms with van der Waals surface area (Å²) in [6, 6.07) is 15.0. The molecule has 4 saturated heterocycles. The van der Waals surface area contributed by atoms with Gasteiger partial charge in [-0.2, -0.15) is 0 Å². The van der Waals surface area contributed by atoms with Crippen LogP contribution in [-0.2, 0) is 0 Å². The fraction of sp³-hybridized carbons (Fsp3) is 0.484. The number of allylic oxidation sites excluding steroid dienone is 2. The molecule has 4 unspecified atom stereocenters. The second-order valence-corrected chi connectivity index (χ2v) is 11.3. The number of hydrogen-bond acceptors (Lipinski definition) is 2. The van der Waals surface area contributed by atoms with Crippen molar-refractivity contribution in [2.75, 3.05) is 11.9 Å². The highest BCUT2D eigenvalue weighted by atomic mass is 19.1. The van der Waals surface area contributed by atoms with E-state index in [-0.39, 0.29) is 11.6 Å². The van der Waals surface area contributed by atoms with Crippen LogP contribution >= 0.6 is 0 Å². The highest BCUT2D eigenvalue weighted by Crippen LogP contribution is 2.43. The van der Waals surface area contributed by atoms with Crippen molar-refractivity contribution in [3.05, 3.63) is 77.4 Å². The van der Waals surface area contributed by atoms with Gasteiger partial charge in [0.2, 0.25) is 0 Å². The zero-order valence-corrected chi connectivity index (χ0v) is 20.6. The number of anilines is 1. The average Bonchev–Trinajstić information content (AvgIpc) is 3.22. The van der Waals surface area contributed by atoms with Crippen LogP contribution < -0.4 is 4.90 Å². The highest BCUT2D eigenvalue weighted by molar-refractivity contribution is 5.59. The maximum atomic E-state index is 15.2. The van der Waals surface area contributed by atoms with Gasteiger partial charge in [-0.25, -0.2) is 8.78 Å². The molecule has 184 valence electrons. The predicted molar refractivity (Wildman–Crippen MR) is 140 cm³/mol. The zero-order valence-electron chi connectivity index (χ0n) is 20.6.